The minimum absolute atomic E-state index is 0.0436. The van der Waals surface area contributed by atoms with E-state index in [0.29, 0.717) is 23.4 Å². The van der Waals surface area contributed by atoms with Crippen LogP contribution < -0.4 is 4.80 Å². The van der Waals surface area contributed by atoms with Gasteiger partial charge in [-0.15, -0.1) is 0 Å². The van der Waals surface area contributed by atoms with E-state index in [1.807, 2.05) is 0 Å². The van der Waals surface area contributed by atoms with Crippen LogP contribution in [0.4, 0.5) is 0 Å². The number of methoxy groups -OCH3 is 2. The zero-order valence-electron chi connectivity index (χ0n) is 18.5. The van der Waals surface area contributed by atoms with Crippen molar-refractivity contribution in [3.63, 3.8) is 0 Å². The Morgan fingerprint density at radius 1 is 1.09 bits per heavy atom. The normalized spacial score (nSPS) is 14.8. The second-order valence-electron chi connectivity index (χ2n) is 7.25. The van der Waals surface area contributed by atoms with E-state index in [1.54, 1.807) is 6.07 Å². The van der Waals surface area contributed by atoms with E-state index in [9.17, 15) is 27.6 Å². The van der Waals surface area contributed by atoms with E-state index in [1.165, 1.54) is 35.8 Å². The van der Waals surface area contributed by atoms with Gasteiger partial charge in [-0.2, -0.15) is 4.99 Å². The summed E-state index contributed by atoms with van der Waals surface area (Å²) >= 11 is 0.985. The van der Waals surface area contributed by atoms with Crippen molar-refractivity contribution >= 4 is 55.1 Å². The Labute approximate surface area is 198 Å². The first-order chi connectivity index (χ1) is 16.1. The summed E-state index contributed by atoms with van der Waals surface area (Å²) in [5.41, 5.74) is 0.739. The number of hydrogen-bond donors (Lipinski definition) is 0. The topological polar surface area (TPSA) is 151 Å². The molecular weight excluding hydrogens is 490 g/mol. The quantitative estimate of drug-likeness (QED) is 0.441. The van der Waals surface area contributed by atoms with Crippen molar-refractivity contribution in [2.24, 2.45) is 4.99 Å². The fourth-order valence-corrected chi connectivity index (χ4v) is 5.41. The van der Waals surface area contributed by atoms with E-state index in [-0.39, 0.29) is 30.0 Å². The smallest absolute Gasteiger partial charge is 0.337 e. The Bertz CT molecular complexity index is 1290. The molecule has 0 spiro atoms. The molecule has 14 heteroatoms. The van der Waals surface area contributed by atoms with Crippen molar-refractivity contribution in [3.05, 3.63) is 28.6 Å². The molecule has 1 aliphatic heterocycles. The van der Waals surface area contributed by atoms with E-state index >= 15 is 0 Å². The number of benzene rings is 1. The Morgan fingerprint density at radius 2 is 1.79 bits per heavy atom. The molecule has 0 atom stereocenters. The van der Waals surface area contributed by atoms with Crippen LogP contribution in [0.1, 0.15) is 10.4 Å². The molecule has 2 heterocycles. The predicted molar refractivity (Wildman–Crippen MR) is 120 cm³/mol. The van der Waals surface area contributed by atoms with Gasteiger partial charge >= 0.3 is 11.9 Å². The molecule has 1 aliphatic rings. The lowest BCUT2D eigenvalue weighted by molar-refractivity contribution is -0.141. The molecule has 2 aromatic rings. The van der Waals surface area contributed by atoms with Crippen LogP contribution in [0.2, 0.25) is 0 Å². The molecule has 0 bridgehead atoms. The molecule has 0 aliphatic carbocycles. The van der Waals surface area contributed by atoms with Crippen LogP contribution in [0.5, 0.6) is 0 Å². The maximum absolute atomic E-state index is 12.5. The number of carbonyl (C=O) groups excluding carboxylic acids is 4. The standard InChI is InChI=1S/C20H23N3O9S2/c1-30-18(26)10-23-14-4-3-13(19(27)31-2)9-15(14)33-20(23)21-16(24)11-34(28,29)12-17(25)22-5-7-32-8-6-22/h3-4,9H,5-8,10-12H2,1-2H3. The van der Waals surface area contributed by atoms with Crippen molar-refractivity contribution in [2.75, 3.05) is 52.0 Å². The Kier molecular flexibility index (Phi) is 8.17. The average Bonchev–Trinajstić information content (AvgIpc) is 3.13. The molecule has 0 unspecified atom stereocenters. The van der Waals surface area contributed by atoms with Gasteiger partial charge in [-0.25, -0.2) is 13.2 Å². The monoisotopic (exact) mass is 513 g/mol. The van der Waals surface area contributed by atoms with Crippen molar-refractivity contribution in [2.45, 2.75) is 6.54 Å². The lowest BCUT2D eigenvalue weighted by atomic mass is 10.2. The van der Waals surface area contributed by atoms with Gasteiger partial charge in [-0.05, 0) is 18.2 Å². The van der Waals surface area contributed by atoms with Gasteiger partial charge in [0.2, 0.25) is 5.91 Å². The first kappa shape index (κ1) is 25.5. The second-order valence-corrected chi connectivity index (χ2v) is 10.3. The van der Waals surface area contributed by atoms with Gasteiger partial charge < -0.3 is 23.7 Å². The van der Waals surface area contributed by atoms with E-state index < -0.39 is 45.1 Å². The van der Waals surface area contributed by atoms with Crippen LogP contribution in [-0.4, -0.2) is 93.7 Å². The largest absolute Gasteiger partial charge is 0.468 e. The summed E-state index contributed by atoms with van der Waals surface area (Å²) in [4.78, 5) is 53.8. The minimum atomic E-state index is -4.07. The lowest BCUT2D eigenvalue weighted by Gasteiger charge is -2.26. The van der Waals surface area contributed by atoms with Crippen LogP contribution in [0, 0.1) is 0 Å². The summed E-state index contributed by atoms with van der Waals surface area (Å²) in [6.07, 6.45) is 0. The van der Waals surface area contributed by atoms with Gasteiger partial charge in [0.15, 0.2) is 14.6 Å². The Morgan fingerprint density at radius 3 is 2.44 bits per heavy atom. The summed E-state index contributed by atoms with van der Waals surface area (Å²) in [6, 6.07) is 4.56. The van der Waals surface area contributed by atoms with E-state index in [0.717, 1.165) is 11.3 Å². The number of amides is 2. The molecule has 0 radical (unpaired) electrons. The third-order valence-electron chi connectivity index (χ3n) is 4.89. The number of hydrogen-bond acceptors (Lipinski definition) is 10. The van der Waals surface area contributed by atoms with Gasteiger partial charge in [0, 0.05) is 13.1 Å². The number of carbonyl (C=O) groups is 4. The van der Waals surface area contributed by atoms with Gasteiger partial charge in [0.05, 0.1) is 43.2 Å². The number of ether oxygens (including phenoxy) is 3. The number of morpholine rings is 1. The molecule has 1 fully saturated rings. The highest BCUT2D eigenvalue weighted by atomic mass is 32.2. The molecular formula is C20H23N3O9S2. The molecule has 184 valence electrons. The fraction of sp³-hybridized carbons (Fsp3) is 0.450. The molecule has 1 aromatic carbocycles. The number of aromatic nitrogens is 1. The van der Waals surface area contributed by atoms with Crippen LogP contribution in [0.15, 0.2) is 23.2 Å². The summed E-state index contributed by atoms with van der Waals surface area (Å²) in [6.45, 7) is 0.932. The third-order valence-corrected chi connectivity index (χ3v) is 7.30. The molecule has 2 amide bonds. The molecule has 34 heavy (non-hydrogen) atoms. The number of nitrogens with zero attached hydrogens (tertiary/aromatic N) is 3. The predicted octanol–water partition coefficient (Wildman–Crippen LogP) is -0.637. The second kappa shape index (κ2) is 10.9. The highest BCUT2D eigenvalue weighted by molar-refractivity contribution is 7.92. The zero-order valence-corrected chi connectivity index (χ0v) is 20.1. The van der Waals surface area contributed by atoms with Crippen LogP contribution >= 0.6 is 11.3 Å². The highest BCUT2D eigenvalue weighted by Gasteiger charge is 2.25. The molecule has 1 aromatic heterocycles. The Hall–Kier alpha value is -3.10. The molecule has 0 saturated carbocycles. The SMILES string of the molecule is COC(=O)Cn1c(=NC(=O)CS(=O)(=O)CC(=O)N2CCOCC2)sc2cc(C(=O)OC)ccc21. The number of rotatable bonds is 7. The number of fused-ring (bicyclic) bond motifs is 1. The maximum atomic E-state index is 12.5. The molecule has 3 rings (SSSR count). The molecule has 12 nitrogen and oxygen atoms in total. The number of thiazole rings is 1. The van der Waals surface area contributed by atoms with Crippen molar-refractivity contribution < 1.29 is 41.8 Å². The van der Waals surface area contributed by atoms with Crippen molar-refractivity contribution in [1.29, 1.82) is 0 Å². The molecule has 1 saturated heterocycles. The fourth-order valence-electron chi connectivity index (χ4n) is 3.22. The van der Waals surface area contributed by atoms with Crippen LogP contribution in [0.25, 0.3) is 10.2 Å². The summed E-state index contributed by atoms with van der Waals surface area (Å²) in [5.74, 6) is -4.56. The Balaban J connectivity index is 1.88. The van der Waals surface area contributed by atoms with Crippen LogP contribution in [-0.2, 0) is 45.0 Å². The number of esters is 2. The minimum Gasteiger partial charge on any atom is -0.468 e. The third kappa shape index (κ3) is 6.27. The highest BCUT2D eigenvalue weighted by Crippen LogP contribution is 2.20. The van der Waals surface area contributed by atoms with Gasteiger partial charge in [-0.1, -0.05) is 11.3 Å². The zero-order chi connectivity index (χ0) is 24.9. The maximum Gasteiger partial charge on any atom is 0.337 e. The summed E-state index contributed by atoms with van der Waals surface area (Å²) < 4.78 is 41.3. The van der Waals surface area contributed by atoms with Crippen molar-refractivity contribution in [1.82, 2.24) is 9.47 Å². The summed E-state index contributed by atoms with van der Waals surface area (Å²) in [5, 5.41) is 0. The average molecular weight is 514 g/mol. The first-order valence-electron chi connectivity index (χ1n) is 10.1. The van der Waals surface area contributed by atoms with Crippen molar-refractivity contribution in [3.8, 4) is 0 Å². The number of sulfone groups is 1. The van der Waals surface area contributed by atoms with Gasteiger partial charge in [0.1, 0.15) is 18.1 Å². The van der Waals surface area contributed by atoms with Gasteiger partial charge in [0.25, 0.3) is 5.91 Å². The lowest BCUT2D eigenvalue weighted by Crippen LogP contribution is -2.43. The van der Waals surface area contributed by atoms with E-state index in [2.05, 4.69) is 4.99 Å². The van der Waals surface area contributed by atoms with Crippen LogP contribution in [0.3, 0.4) is 0 Å². The van der Waals surface area contributed by atoms with E-state index in [4.69, 9.17) is 14.2 Å². The first-order valence-corrected chi connectivity index (χ1v) is 12.7. The molecule has 0 N–H and O–H groups in total. The van der Waals surface area contributed by atoms with Gasteiger partial charge in [-0.3, -0.25) is 14.4 Å². The summed E-state index contributed by atoms with van der Waals surface area (Å²) in [7, 11) is -1.63.